The minimum absolute atomic E-state index is 0.0626. The average Bonchev–Trinajstić information content (AvgIpc) is 2.17. The zero-order valence-corrected chi connectivity index (χ0v) is 8.98. The summed E-state index contributed by atoms with van der Waals surface area (Å²) < 4.78 is 0. The number of carbonyl (C=O) groups is 1. The van der Waals surface area contributed by atoms with Gasteiger partial charge < -0.3 is 0 Å². The minimum atomic E-state index is -0.0626. The first-order valence-corrected chi connectivity index (χ1v) is 4.99. The second-order valence-electron chi connectivity index (χ2n) is 2.74. The molecule has 0 unspecified atom stereocenters. The third kappa shape index (κ3) is 2.76. The van der Waals surface area contributed by atoms with Gasteiger partial charge in [-0.2, -0.15) is 5.26 Å². The van der Waals surface area contributed by atoms with Crippen molar-refractivity contribution in [3.8, 4) is 6.07 Å². The van der Waals surface area contributed by atoms with Crippen LogP contribution < -0.4 is 0 Å². The first kappa shape index (κ1) is 11.1. The monoisotopic (exact) mass is 225 g/mol. The highest BCUT2D eigenvalue weighted by molar-refractivity contribution is 7.80. The summed E-state index contributed by atoms with van der Waals surface area (Å²) in [7, 11) is 0. The lowest BCUT2D eigenvalue weighted by molar-refractivity contribution is 0.0989. The Kier molecular flexibility index (Phi) is 3.99. The molecule has 1 rings (SSSR count). The molecule has 0 bridgehead atoms. The summed E-state index contributed by atoms with van der Waals surface area (Å²) in [5.74, 6) is 0.227. The van der Waals surface area contributed by atoms with Crippen molar-refractivity contribution in [2.24, 2.45) is 0 Å². The number of nitrogens with zero attached hydrogens (tertiary/aromatic N) is 1. The van der Waals surface area contributed by atoms with Gasteiger partial charge in [0.1, 0.15) is 0 Å². The number of Topliss-reactive ketones (excluding diaryl/α,β-unsaturated/α-hetero) is 1. The van der Waals surface area contributed by atoms with Crippen molar-refractivity contribution in [3.05, 3.63) is 29.3 Å². The van der Waals surface area contributed by atoms with Crippen molar-refractivity contribution in [1.82, 2.24) is 0 Å². The van der Waals surface area contributed by atoms with Crippen molar-refractivity contribution < 1.29 is 4.79 Å². The Morgan fingerprint density at radius 1 is 1.50 bits per heavy atom. The van der Waals surface area contributed by atoms with Gasteiger partial charge in [-0.25, -0.2) is 0 Å². The molecule has 0 N–H and O–H groups in total. The van der Waals surface area contributed by atoms with E-state index in [1.807, 2.05) is 6.07 Å². The zero-order valence-electron chi connectivity index (χ0n) is 7.33. The highest BCUT2D eigenvalue weighted by Gasteiger charge is 2.06. The minimum Gasteiger partial charge on any atom is -0.294 e. The van der Waals surface area contributed by atoms with Crippen LogP contribution in [-0.4, -0.2) is 11.7 Å². The summed E-state index contributed by atoms with van der Waals surface area (Å²) in [6.45, 7) is 0. The van der Waals surface area contributed by atoms with Crippen molar-refractivity contribution in [1.29, 1.82) is 5.26 Å². The molecule has 14 heavy (non-hydrogen) atoms. The topological polar surface area (TPSA) is 40.9 Å². The Balaban J connectivity index is 3.04. The van der Waals surface area contributed by atoms with E-state index < -0.39 is 0 Å². The molecule has 0 aliphatic rings. The molecular weight excluding hydrogens is 218 g/mol. The molecule has 0 saturated heterocycles. The standard InChI is InChI=1S/C10H8ClNOS/c11-2-1-10(13)8-3-7(6-12)4-9(14)5-8/h3-5,14H,1-2H2. The average molecular weight is 226 g/mol. The van der Waals surface area contributed by atoms with Gasteiger partial charge in [0, 0.05) is 22.8 Å². The van der Waals surface area contributed by atoms with Gasteiger partial charge in [0.2, 0.25) is 0 Å². The summed E-state index contributed by atoms with van der Waals surface area (Å²) in [6.07, 6.45) is 0.281. The van der Waals surface area contributed by atoms with E-state index in [9.17, 15) is 4.79 Å². The second kappa shape index (κ2) is 5.04. The lowest BCUT2D eigenvalue weighted by Crippen LogP contribution is -2.00. The Bertz CT molecular complexity index is 398. The Hall–Kier alpha value is -0.980. The van der Waals surface area contributed by atoms with Gasteiger partial charge >= 0.3 is 0 Å². The summed E-state index contributed by atoms with van der Waals surface area (Å²) in [4.78, 5) is 12.1. The number of carbonyl (C=O) groups excluding carboxylic acids is 1. The first-order valence-electron chi connectivity index (χ1n) is 4.00. The molecule has 0 amide bonds. The van der Waals surface area contributed by atoms with Gasteiger partial charge in [-0.15, -0.1) is 24.2 Å². The van der Waals surface area contributed by atoms with Crippen molar-refractivity contribution in [3.63, 3.8) is 0 Å². The van der Waals surface area contributed by atoms with Gasteiger partial charge in [-0.3, -0.25) is 4.79 Å². The molecule has 0 heterocycles. The normalized spacial score (nSPS) is 9.50. The maximum absolute atomic E-state index is 11.4. The van der Waals surface area contributed by atoms with E-state index in [-0.39, 0.29) is 18.1 Å². The second-order valence-corrected chi connectivity index (χ2v) is 3.64. The fourth-order valence-electron chi connectivity index (χ4n) is 1.07. The van der Waals surface area contributed by atoms with E-state index in [0.29, 0.717) is 16.0 Å². The Morgan fingerprint density at radius 3 is 2.79 bits per heavy atom. The van der Waals surface area contributed by atoms with E-state index in [1.165, 1.54) is 0 Å². The van der Waals surface area contributed by atoms with E-state index in [0.717, 1.165) is 0 Å². The number of rotatable bonds is 3. The molecule has 0 fully saturated rings. The van der Waals surface area contributed by atoms with Crippen molar-refractivity contribution in [2.45, 2.75) is 11.3 Å². The smallest absolute Gasteiger partial charge is 0.164 e. The first-order chi connectivity index (χ1) is 6.67. The van der Waals surface area contributed by atoms with Crippen LogP contribution in [-0.2, 0) is 0 Å². The number of thiol groups is 1. The van der Waals surface area contributed by atoms with Crippen LogP contribution in [0.25, 0.3) is 0 Å². The van der Waals surface area contributed by atoms with E-state index >= 15 is 0 Å². The van der Waals surface area contributed by atoms with Gasteiger partial charge in [0.05, 0.1) is 11.6 Å². The molecule has 0 aliphatic carbocycles. The van der Waals surface area contributed by atoms with E-state index in [4.69, 9.17) is 16.9 Å². The fourth-order valence-corrected chi connectivity index (χ4v) is 1.52. The highest BCUT2D eigenvalue weighted by atomic mass is 35.5. The van der Waals surface area contributed by atoms with Gasteiger partial charge in [0.25, 0.3) is 0 Å². The van der Waals surface area contributed by atoms with Crippen LogP contribution in [0.5, 0.6) is 0 Å². The third-order valence-corrected chi connectivity index (χ3v) is 2.14. The van der Waals surface area contributed by atoms with Crippen LogP contribution in [0.1, 0.15) is 22.3 Å². The molecule has 4 heteroatoms. The molecule has 0 radical (unpaired) electrons. The van der Waals surface area contributed by atoms with Crippen molar-refractivity contribution in [2.75, 3.05) is 5.88 Å². The quantitative estimate of drug-likeness (QED) is 0.488. The number of halogens is 1. The number of ketones is 1. The summed E-state index contributed by atoms with van der Waals surface area (Å²) in [5, 5.41) is 8.68. The number of hydrogen-bond acceptors (Lipinski definition) is 3. The predicted molar refractivity (Wildman–Crippen MR) is 58.1 cm³/mol. The fraction of sp³-hybridized carbons (Fsp3) is 0.200. The maximum atomic E-state index is 11.4. The zero-order chi connectivity index (χ0) is 10.6. The Morgan fingerprint density at radius 2 is 2.21 bits per heavy atom. The van der Waals surface area contributed by atoms with Crippen LogP contribution >= 0.6 is 24.2 Å². The van der Waals surface area contributed by atoms with Gasteiger partial charge in [-0.05, 0) is 18.2 Å². The van der Waals surface area contributed by atoms with Crippen LogP contribution in [0.15, 0.2) is 23.1 Å². The number of alkyl halides is 1. The highest BCUT2D eigenvalue weighted by Crippen LogP contribution is 2.14. The largest absolute Gasteiger partial charge is 0.294 e. The molecule has 1 aromatic rings. The van der Waals surface area contributed by atoms with Crippen LogP contribution in [0.3, 0.4) is 0 Å². The van der Waals surface area contributed by atoms with E-state index in [1.54, 1.807) is 18.2 Å². The molecule has 0 aromatic heterocycles. The van der Waals surface area contributed by atoms with Crippen LogP contribution in [0.4, 0.5) is 0 Å². The van der Waals surface area contributed by atoms with Gasteiger partial charge in [-0.1, -0.05) is 0 Å². The molecule has 0 spiro atoms. The molecule has 0 aliphatic heterocycles. The Labute approximate surface area is 92.9 Å². The molecule has 2 nitrogen and oxygen atoms in total. The van der Waals surface area contributed by atoms with Crippen LogP contribution in [0, 0.1) is 11.3 Å². The van der Waals surface area contributed by atoms with Gasteiger partial charge in [0.15, 0.2) is 5.78 Å². The number of nitriles is 1. The molecular formula is C10H8ClNOS. The molecule has 72 valence electrons. The lowest BCUT2D eigenvalue weighted by Gasteiger charge is -2.00. The number of hydrogen-bond donors (Lipinski definition) is 1. The van der Waals surface area contributed by atoms with Crippen molar-refractivity contribution >= 4 is 30.0 Å². The third-order valence-electron chi connectivity index (χ3n) is 1.69. The summed E-state index contributed by atoms with van der Waals surface area (Å²) in [5.41, 5.74) is 0.935. The van der Waals surface area contributed by atoms with Crippen LogP contribution in [0.2, 0.25) is 0 Å². The summed E-state index contributed by atoms with van der Waals surface area (Å²) in [6, 6.07) is 6.77. The SMILES string of the molecule is N#Cc1cc(S)cc(C(=O)CCCl)c1. The summed E-state index contributed by atoms with van der Waals surface area (Å²) >= 11 is 9.56. The van der Waals surface area contributed by atoms with E-state index in [2.05, 4.69) is 12.6 Å². The predicted octanol–water partition coefficient (Wildman–Crippen LogP) is 2.66. The lowest BCUT2D eigenvalue weighted by atomic mass is 10.1. The maximum Gasteiger partial charge on any atom is 0.164 e. The number of benzene rings is 1. The molecule has 0 atom stereocenters. The molecule has 1 aromatic carbocycles. The molecule has 0 saturated carbocycles.